The molecule has 0 radical (unpaired) electrons. The molecule has 20 heavy (non-hydrogen) atoms. The minimum atomic E-state index is -3.72. The maximum absolute atomic E-state index is 11.3. The molecule has 112 valence electrons. The molecule has 0 atom stereocenters. The van der Waals surface area contributed by atoms with Gasteiger partial charge in [0.1, 0.15) is 0 Å². The molecule has 7 heteroatoms. The Hall–Kier alpha value is -1.60. The Bertz CT molecular complexity index is 516. The van der Waals surface area contributed by atoms with E-state index in [2.05, 4.69) is 9.62 Å². The maximum Gasteiger partial charge on any atom is 0.320 e. The second-order valence-corrected chi connectivity index (χ2v) is 6.12. The quantitative estimate of drug-likeness (QED) is 0.662. The van der Waals surface area contributed by atoms with Crippen LogP contribution in [0, 0.1) is 0 Å². The van der Waals surface area contributed by atoms with Gasteiger partial charge in [0.05, 0.1) is 0 Å². The van der Waals surface area contributed by atoms with E-state index in [9.17, 15) is 13.2 Å². The zero-order valence-corrected chi connectivity index (χ0v) is 12.3. The lowest BCUT2D eigenvalue weighted by Gasteiger charge is -2.23. The van der Waals surface area contributed by atoms with Crippen LogP contribution in [0.2, 0.25) is 0 Å². The number of aliphatic carboxylic acids is 1. The standard InChI is InChI=1S/C13H20N2O4S/c1-2-15(12-7-4-3-5-8-12)10-6-9-14-20(18,19)11-13(16)17/h3-5,7-8,14H,2,6,9-11H2,1H3,(H,16,17). The number of benzene rings is 1. The van der Waals surface area contributed by atoms with Crippen LogP contribution in [-0.2, 0) is 14.8 Å². The van der Waals surface area contributed by atoms with E-state index in [1.807, 2.05) is 37.3 Å². The number of anilines is 1. The van der Waals surface area contributed by atoms with E-state index in [4.69, 9.17) is 5.11 Å². The van der Waals surface area contributed by atoms with Crippen molar-refractivity contribution in [2.75, 3.05) is 30.3 Å². The number of para-hydroxylation sites is 1. The Kier molecular flexibility index (Phi) is 6.47. The summed E-state index contributed by atoms with van der Waals surface area (Å²) in [5, 5.41) is 8.45. The Morgan fingerprint density at radius 3 is 2.50 bits per heavy atom. The topological polar surface area (TPSA) is 86.7 Å². The molecule has 0 fully saturated rings. The molecule has 0 aliphatic rings. The van der Waals surface area contributed by atoms with Gasteiger partial charge >= 0.3 is 5.97 Å². The van der Waals surface area contributed by atoms with Crippen LogP contribution < -0.4 is 9.62 Å². The summed E-state index contributed by atoms with van der Waals surface area (Å²) in [5.74, 6) is -2.24. The number of nitrogens with zero attached hydrogens (tertiary/aromatic N) is 1. The fraction of sp³-hybridized carbons (Fsp3) is 0.462. The van der Waals surface area contributed by atoms with Gasteiger partial charge in [0.15, 0.2) is 5.75 Å². The maximum atomic E-state index is 11.3. The molecule has 0 aliphatic heterocycles. The van der Waals surface area contributed by atoms with Gasteiger partial charge in [0.25, 0.3) is 0 Å². The third-order valence-corrected chi connectivity index (χ3v) is 4.01. The minimum Gasteiger partial charge on any atom is -0.480 e. The summed E-state index contributed by atoms with van der Waals surface area (Å²) < 4.78 is 24.9. The monoisotopic (exact) mass is 300 g/mol. The second-order valence-electron chi connectivity index (χ2n) is 4.32. The number of nitrogens with one attached hydrogen (secondary N) is 1. The van der Waals surface area contributed by atoms with Crippen LogP contribution in [0.4, 0.5) is 5.69 Å². The first kappa shape index (κ1) is 16.5. The van der Waals surface area contributed by atoms with Crippen molar-refractivity contribution in [1.29, 1.82) is 0 Å². The lowest BCUT2D eigenvalue weighted by molar-refractivity contribution is -0.134. The molecule has 0 unspecified atom stereocenters. The van der Waals surface area contributed by atoms with E-state index < -0.39 is 21.7 Å². The van der Waals surface area contributed by atoms with Crippen molar-refractivity contribution in [3.63, 3.8) is 0 Å². The predicted octanol–water partition coefficient (Wildman–Crippen LogP) is 0.907. The molecular weight excluding hydrogens is 280 g/mol. The van der Waals surface area contributed by atoms with Crippen molar-refractivity contribution < 1.29 is 18.3 Å². The normalized spacial score (nSPS) is 11.2. The Morgan fingerprint density at radius 1 is 1.30 bits per heavy atom. The summed E-state index contributed by atoms with van der Waals surface area (Å²) in [6.45, 7) is 3.79. The van der Waals surface area contributed by atoms with Gasteiger partial charge in [-0.2, -0.15) is 0 Å². The number of hydrogen-bond donors (Lipinski definition) is 2. The fourth-order valence-corrected chi connectivity index (χ4v) is 2.70. The Morgan fingerprint density at radius 2 is 1.95 bits per heavy atom. The summed E-state index contributed by atoms with van der Waals surface area (Å²) in [4.78, 5) is 12.5. The van der Waals surface area contributed by atoms with Crippen molar-refractivity contribution in [2.45, 2.75) is 13.3 Å². The number of carboxylic acids is 1. The molecular formula is C13H20N2O4S. The molecule has 6 nitrogen and oxygen atoms in total. The molecule has 1 aromatic rings. The zero-order chi connectivity index (χ0) is 15.0. The van der Waals surface area contributed by atoms with Gasteiger partial charge in [-0.05, 0) is 25.5 Å². The van der Waals surface area contributed by atoms with Crippen molar-refractivity contribution in [3.8, 4) is 0 Å². The van der Waals surface area contributed by atoms with Crippen LogP contribution in [-0.4, -0.2) is 44.9 Å². The molecule has 0 saturated carbocycles. The average Bonchev–Trinajstić information content (AvgIpc) is 2.38. The van der Waals surface area contributed by atoms with Gasteiger partial charge in [0.2, 0.25) is 10.0 Å². The van der Waals surface area contributed by atoms with Gasteiger partial charge in [-0.25, -0.2) is 13.1 Å². The molecule has 2 N–H and O–H groups in total. The van der Waals surface area contributed by atoms with E-state index in [1.54, 1.807) is 0 Å². The fourth-order valence-electron chi connectivity index (χ4n) is 1.82. The van der Waals surface area contributed by atoms with Gasteiger partial charge in [-0.3, -0.25) is 4.79 Å². The van der Waals surface area contributed by atoms with E-state index in [1.165, 1.54) is 0 Å². The number of carbonyl (C=O) groups is 1. The van der Waals surface area contributed by atoms with Crippen molar-refractivity contribution >= 4 is 21.7 Å². The molecule has 0 saturated heterocycles. The van der Waals surface area contributed by atoms with Crippen LogP contribution in [0.5, 0.6) is 0 Å². The van der Waals surface area contributed by atoms with E-state index >= 15 is 0 Å². The Labute approximate surface area is 119 Å². The summed E-state index contributed by atoms with van der Waals surface area (Å²) >= 11 is 0. The SMILES string of the molecule is CCN(CCCNS(=O)(=O)CC(=O)O)c1ccccc1. The Balaban J connectivity index is 2.38. The lowest BCUT2D eigenvalue weighted by atomic mass is 10.2. The molecule has 1 rings (SSSR count). The largest absolute Gasteiger partial charge is 0.480 e. The minimum absolute atomic E-state index is 0.235. The number of sulfonamides is 1. The summed E-state index contributed by atoms with van der Waals surface area (Å²) in [6, 6.07) is 9.84. The van der Waals surface area contributed by atoms with Gasteiger partial charge in [-0.1, -0.05) is 18.2 Å². The molecule has 0 aliphatic carbocycles. The summed E-state index contributed by atoms with van der Waals surface area (Å²) in [6.07, 6.45) is 0.613. The van der Waals surface area contributed by atoms with Crippen LogP contribution in [0.3, 0.4) is 0 Å². The molecule has 0 spiro atoms. The van der Waals surface area contributed by atoms with Crippen molar-refractivity contribution in [1.82, 2.24) is 4.72 Å². The first-order valence-electron chi connectivity index (χ1n) is 6.43. The summed E-state index contributed by atoms with van der Waals surface area (Å²) in [7, 11) is -3.72. The molecule has 0 heterocycles. The van der Waals surface area contributed by atoms with Gasteiger partial charge in [-0.15, -0.1) is 0 Å². The molecule has 0 bridgehead atoms. The van der Waals surface area contributed by atoms with E-state index in [0.717, 1.165) is 12.2 Å². The number of rotatable bonds is 9. The average molecular weight is 300 g/mol. The first-order chi connectivity index (χ1) is 9.44. The molecule has 0 amide bonds. The smallest absolute Gasteiger partial charge is 0.320 e. The van der Waals surface area contributed by atoms with Gasteiger partial charge < -0.3 is 10.0 Å². The highest BCUT2D eigenvalue weighted by Crippen LogP contribution is 2.12. The predicted molar refractivity (Wildman–Crippen MR) is 78.4 cm³/mol. The van der Waals surface area contributed by atoms with Crippen LogP contribution in [0.1, 0.15) is 13.3 Å². The molecule has 1 aromatic carbocycles. The highest BCUT2D eigenvalue weighted by Gasteiger charge is 2.14. The van der Waals surface area contributed by atoms with E-state index in [-0.39, 0.29) is 6.54 Å². The second kappa shape index (κ2) is 7.86. The lowest BCUT2D eigenvalue weighted by Crippen LogP contribution is -2.33. The third kappa shape index (κ3) is 6.03. The van der Waals surface area contributed by atoms with Crippen LogP contribution >= 0.6 is 0 Å². The highest BCUT2D eigenvalue weighted by molar-refractivity contribution is 7.90. The summed E-state index contributed by atoms with van der Waals surface area (Å²) in [5.41, 5.74) is 1.09. The number of hydrogen-bond acceptors (Lipinski definition) is 4. The highest BCUT2D eigenvalue weighted by atomic mass is 32.2. The number of carboxylic acid groups (broad SMARTS) is 1. The van der Waals surface area contributed by atoms with Crippen molar-refractivity contribution in [3.05, 3.63) is 30.3 Å². The molecule has 0 aromatic heterocycles. The first-order valence-corrected chi connectivity index (χ1v) is 8.09. The van der Waals surface area contributed by atoms with E-state index in [0.29, 0.717) is 13.0 Å². The third-order valence-electron chi connectivity index (χ3n) is 2.74. The van der Waals surface area contributed by atoms with Crippen molar-refractivity contribution in [2.24, 2.45) is 0 Å². The van der Waals surface area contributed by atoms with Crippen LogP contribution in [0.25, 0.3) is 0 Å². The zero-order valence-electron chi connectivity index (χ0n) is 11.4. The van der Waals surface area contributed by atoms with Gasteiger partial charge in [0, 0.05) is 25.3 Å². The van der Waals surface area contributed by atoms with Crippen LogP contribution in [0.15, 0.2) is 30.3 Å².